The summed E-state index contributed by atoms with van der Waals surface area (Å²) in [7, 11) is 0. The van der Waals surface area contributed by atoms with Gasteiger partial charge in [0, 0.05) is 58.0 Å². The first-order valence-corrected chi connectivity index (χ1v) is 27.6. The number of hydrogen-bond acceptors (Lipinski definition) is 11. The maximum atomic E-state index is 13.7. The Morgan fingerprint density at radius 2 is 1.29 bits per heavy atom. The third-order valence-electron chi connectivity index (χ3n) is 16.3. The van der Waals surface area contributed by atoms with E-state index in [4.69, 9.17) is 45.6 Å². The van der Waals surface area contributed by atoms with Gasteiger partial charge in [-0.2, -0.15) is 0 Å². The lowest BCUT2D eigenvalue weighted by Crippen LogP contribution is -2.62. The molecule has 14 nitrogen and oxygen atoms in total. The van der Waals surface area contributed by atoms with Crippen LogP contribution in [0.3, 0.4) is 0 Å². The van der Waals surface area contributed by atoms with Crippen molar-refractivity contribution >= 4 is 11.9 Å². The first kappa shape index (κ1) is 60.4. The number of urea groups is 1. The largest absolute Gasteiger partial charge is 0.381 e. The zero-order valence-electron chi connectivity index (χ0n) is 44.1. The van der Waals surface area contributed by atoms with E-state index in [1.807, 2.05) is 0 Å². The van der Waals surface area contributed by atoms with Crippen molar-refractivity contribution < 1.29 is 38.0 Å². The molecule has 0 spiro atoms. The number of ether oxygens (including phenoxy) is 6. The van der Waals surface area contributed by atoms with E-state index in [9.17, 15) is 9.59 Å². The zero-order valence-corrected chi connectivity index (χ0v) is 44.1. The molecular weight excluding hydrogens is 861 g/mol. The van der Waals surface area contributed by atoms with Gasteiger partial charge < -0.3 is 61.2 Å². The second-order valence-electron chi connectivity index (χ2n) is 20.8. The molecule has 3 aliphatic rings. The van der Waals surface area contributed by atoms with Crippen LogP contribution in [0.15, 0.2) is 12.7 Å². The van der Waals surface area contributed by atoms with E-state index >= 15 is 0 Å². The summed E-state index contributed by atoms with van der Waals surface area (Å²) in [6.07, 6.45) is 21.5. The van der Waals surface area contributed by atoms with Crippen LogP contribution < -0.4 is 27.8 Å². The number of nitrogens with zero attached hydrogens (tertiary/aromatic N) is 1. The smallest absolute Gasteiger partial charge is 0.317 e. The van der Waals surface area contributed by atoms with Crippen molar-refractivity contribution in [2.24, 2.45) is 63.5 Å². The van der Waals surface area contributed by atoms with Gasteiger partial charge >= 0.3 is 6.03 Å². The number of carbonyl (C=O) groups excluding carboxylic acids is 2. The van der Waals surface area contributed by atoms with E-state index < -0.39 is 0 Å². The van der Waals surface area contributed by atoms with Crippen molar-refractivity contribution in [2.45, 2.75) is 162 Å². The van der Waals surface area contributed by atoms with Gasteiger partial charge in [-0.25, -0.2) is 4.79 Å². The van der Waals surface area contributed by atoms with Crippen molar-refractivity contribution in [3.8, 4) is 0 Å². The number of hydrogen-bond donors (Lipinski definition) is 5. The molecule has 14 heteroatoms. The van der Waals surface area contributed by atoms with Gasteiger partial charge in [-0.1, -0.05) is 79.7 Å². The Kier molecular flexibility index (Phi) is 31.3. The third kappa shape index (κ3) is 19.6. The van der Waals surface area contributed by atoms with E-state index in [-0.39, 0.29) is 35.0 Å². The van der Waals surface area contributed by atoms with Gasteiger partial charge in [0.15, 0.2) is 0 Å². The Bertz CT molecular complexity index is 1330. The molecule has 0 aromatic carbocycles. The Hall–Kier alpha value is -1.88. The van der Waals surface area contributed by atoms with E-state index in [0.717, 1.165) is 97.1 Å². The van der Waals surface area contributed by atoms with Crippen molar-refractivity contribution in [3.63, 3.8) is 0 Å². The summed E-state index contributed by atoms with van der Waals surface area (Å²) in [6, 6.07) is 0.000558. The van der Waals surface area contributed by atoms with Crippen LogP contribution in [0.4, 0.5) is 4.79 Å². The monoisotopic (exact) mass is 965 g/mol. The predicted molar refractivity (Wildman–Crippen MR) is 275 cm³/mol. The molecule has 2 unspecified atom stereocenters. The summed E-state index contributed by atoms with van der Waals surface area (Å²) in [4.78, 5) is 27.0. The SMILES string of the molecule is C=CC(=O)NCCOCCOCCOCCNC(=O)N(CCCCCCCC)CCC[C@@H](C)[C@H]1CC[C@H]2C3[C@H](OCCCN)CC(CCOCCCN)[C@](C)(CCC)[C@H]3C[C@H](OCCCN)[C@]12C. The molecule has 0 radical (unpaired) electrons. The fourth-order valence-electron chi connectivity index (χ4n) is 12.7. The van der Waals surface area contributed by atoms with Crippen molar-refractivity contribution in [3.05, 3.63) is 12.7 Å². The molecule has 0 aliphatic heterocycles. The fourth-order valence-corrected chi connectivity index (χ4v) is 12.7. The van der Waals surface area contributed by atoms with Gasteiger partial charge in [-0.3, -0.25) is 4.79 Å². The van der Waals surface area contributed by atoms with Gasteiger partial charge in [0.05, 0.1) is 51.8 Å². The normalized spacial score (nSPS) is 27.1. The average Bonchev–Trinajstić information content (AvgIpc) is 3.70. The standard InChI is InChI=1S/C54H104N6O8/c1-7-10-11-12-13-14-29-60(52(62)59-28-36-65-38-40-66-39-37-64-35-27-58-50(61)9-3)30-15-19-43(4)45-20-21-46-51-47(42-49(54(45,46)6)68-33-18-26-57)53(5,23-8-2)44(22-34-63-31-16-24-55)41-48(51)67-32-17-25-56/h9,43-49,51H,3,7-8,10-42,55-57H2,1-2,4-6H3,(H,58,61)(H,59,62)/t43-,44?,45-,46+,47+,48-,49+,51?,53+,54-/m1/s1. The second-order valence-corrected chi connectivity index (χ2v) is 20.8. The molecular formula is C54H104N6O8. The highest BCUT2D eigenvalue weighted by molar-refractivity contribution is 5.86. The van der Waals surface area contributed by atoms with Crippen molar-refractivity contribution in [1.82, 2.24) is 15.5 Å². The summed E-state index contributed by atoms with van der Waals surface area (Å²) in [5.41, 5.74) is 18.1. The van der Waals surface area contributed by atoms with Gasteiger partial charge in [0.1, 0.15) is 0 Å². The van der Waals surface area contributed by atoms with E-state index in [1.54, 1.807) is 0 Å². The minimum atomic E-state index is -0.211. The van der Waals surface area contributed by atoms with Gasteiger partial charge in [0.25, 0.3) is 0 Å². The number of fused-ring (bicyclic) bond motifs is 3. The first-order valence-electron chi connectivity index (χ1n) is 27.6. The number of amides is 3. The molecule has 0 heterocycles. The molecule has 0 aromatic heterocycles. The Labute approximate surface area is 414 Å². The van der Waals surface area contributed by atoms with Crippen LogP contribution in [0, 0.1) is 46.3 Å². The molecule has 3 saturated carbocycles. The quantitative estimate of drug-likeness (QED) is 0.0296. The van der Waals surface area contributed by atoms with Crippen LogP contribution in [0.25, 0.3) is 0 Å². The Balaban J connectivity index is 1.66. The highest BCUT2D eigenvalue weighted by Crippen LogP contribution is 2.68. The predicted octanol–water partition coefficient (Wildman–Crippen LogP) is 7.85. The van der Waals surface area contributed by atoms with Crippen LogP contribution in [-0.2, 0) is 33.2 Å². The van der Waals surface area contributed by atoms with Crippen molar-refractivity contribution in [2.75, 3.05) is 112 Å². The van der Waals surface area contributed by atoms with E-state index in [0.29, 0.717) is 114 Å². The zero-order chi connectivity index (χ0) is 49.5. The first-order chi connectivity index (χ1) is 33.1. The number of unbranched alkanes of at least 4 members (excludes halogenated alkanes) is 5. The minimum absolute atomic E-state index is 0.000558. The van der Waals surface area contributed by atoms with E-state index in [1.165, 1.54) is 57.4 Å². The number of carbonyl (C=O) groups is 2. The van der Waals surface area contributed by atoms with E-state index in [2.05, 4.69) is 56.7 Å². The number of nitrogens with two attached hydrogens (primary N) is 3. The Morgan fingerprint density at radius 1 is 0.691 bits per heavy atom. The summed E-state index contributed by atoms with van der Waals surface area (Å²) < 4.78 is 37.1. The number of rotatable bonds is 41. The van der Waals surface area contributed by atoms with Crippen molar-refractivity contribution in [1.29, 1.82) is 0 Å². The third-order valence-corrected chi connectivity index (χ3v) is 16.3. The Morgan fingerprint density at radius 3 is 1.96 bits per heavy atom. The minimum Gasteiger partial charge on any atom is -0.381 e. The maximum absolute atomic E-state index is 13.7. The lowest BCUT2D eigenvalue weighted by atomic mass is 9.44. The van der Waals surface area contributed by atoms with Crippen LogP contribution in [0.1, 0.15) is 150 Å². The van der Waals surface area contributed by atoms with Crippen LogP contribution >= 0.6 is 0 Å². The molecule has 398 valence electrons. The molecule has 3 fully saturated rings. The number of nitrogens with one attached hydrogen (secondary N) is 2. The highest BCUT2D eigenvalue weighted by Gasteiger charge is 2.66. The summed E-state index contributed by atoms with van der Waals surface area (Å²) in [5, 5.41) is 5.82. The lowest BCUT2D eigenvalue weighted by Gasteiger charge is -2.63. The topological polar surface area (TPSA) is 195 Å². The maximum Gasteiger partial charge on any atom is 0.317 e. The van der Waals surface area contributed by atoms with Gasteiger partial charge in [-0.15, -0.1) is 0 Å². The average molecular weight is 965 g/mol. The van der Waals surface area contributed by atoms with Crippen LogP contribution in [0.5, 0.6) is 0 Å². The lowest BCUT2D eigenvalue weighted by molar-refractivity contribution is -0.219. The van der Waals surface area contributed by atoms with Gasteiger partial charge in [0.2, 0.25) is 5.91 Å². The summed E-state index contributed by atoms with van der Waals surface area (Å²) >= 11 is 0. The summed E-state index contributed by atoms with van der Waals surface area (Å²) in [5.74, 6) is 2.84. The van der Waals surface area contributed by atoms with Gasteiger partial charge in [-0.05, 0) is 144 Å². The molecule has 10 atom stereocenters. The molecule has 0 aromatic rings. The highest BCUT2D eigenvalue weighted by atomic mass is 16.5. The van der Waals surface area contributed by atoms with Crippen LogP contribution in [0.2, 0.25) is 0 Å². The molecule has 3 amide bonds. The molecule has 3 rings (SSSR count). The second kappa shape index (κ2) is 35.3. The summed E-state index contributed by atoms with van der Waals surface area (Å²) in [6.45, 7) is 25.6. The molecule has 0 saturated heterocycles. The van der Waals surface area contributed by atoms with Crippen LogP contribution in [-0.4, -0.2) is 141 Å². The fraction of sp³-hybridized carbons (Fsp3) is 0.926. The molecule has 68 heavy (non-hydrogen) atoms. The molecule has 8 N–H and O–H groups in total. The molecule has 0 bridgehead atoms. The molecule has 3 aliphatic carbocycles.